The fourth-order valence-electron chi connectivity index (χ4n) is 2.75. The lowest BCUT2D eigenvalue weighted by atomic mass is 10.2. The van der Waals surface area contributed by atoms with Gasteiger partial charge in [0.1, 0.15) is 6.10 Å². The Hall–Kier alpha value is -1.90. The molecule has 0 saturated heterocycles. The largest absolute Gasteiger partial charge is 0.371 e. The van der Waals surface area contributed by atoms with Crippen LogP contribution in [0.5, 0.6) is 0 Å². The normalized spacial score (nSPS) is 12.8. The van der Waals surface area contributed by atoms with Crippen LogP contribution in [0.4, 0.5) is 0 Å². The van der Waals surface area contributed by atoms with Crippen molar-refractivity contribution in [2.45, 2.75) is 51.3 Å². The van der Waals surface area contributed by atoms with E-state index in [4.69, 9.17) is 20.9 Å². The zero-order valence-electron chi connectivity index (χ0n) is 16.3. The molecule has 0 aliphatic heterocycles. The summed E-state index contributed by atoms with van der Waals surface area (Å²) >= 11 is 7.46. The van der Waals surface area contributed by atoms with Crippen LogP contribution in [0.25, 0.3) is 10.9 Å². The molecule has 0 N–H and O–H groups in total. The average molecular weight is 423 g/mol. The van der Waals surface area contributed by atoms with Crippen molar-refractivity contribution >= 4 is 34.3 Å². The van der Waals surface area contributed by atoms with Gasteiger partial charge in [-0.05, 0) is 38.0 Å². The summed E-state index contributed by atoms with van der Waals surface area (Å²) < 4.78 is 12.5. The Morgan fingerprint density at radius 1 is 1.29 bits per heavy atom. The molecule has 2 aromatic heterocycles. The Balaban J connectivity index is 1.89. The topological polar surface area (TPSA) is 83.0 Å². The first-order valence-corrected chi connectivity index (χ1v) is 10.5. The van der Waals surface area contributed by atoms with Crippen molar-refractivity contribution in [2.24, 2.45) is 5.92 Å². The summed E-state index contributed by atoms with van der Waals surface area (Å²) in [7, 11) is 0. The summed E-state index contributed by atoms with van der Waals surface area (Å²) in [4.78, 5) is 22.0. The van der Waals surface area contributed by atoms with E-state index in [1.54, 1.807) is 22.8 Å². The maximum absolute atomic E-state index is 13.0. The van der Waals surface area contributed by atoms with Crippen LogP contribution in [0.3, 0.4) is 0 Å². The first-order chi connectivity index (χ1) is 13.4. The van der Waals surface area contributed by atoms with Gasteiger partial charge >= 0.3 is 0 Å². The molecule has 3 rings (SSSR count). The number of aromatic nitrogens is 4. The van der Waals surface area contributed by atoms with Gasteiger partial charge in [0, 0.05) is 18.2 Å². The quantitative estimate of drug-likeness (QED) is 0.391. The van der Waals surface area contributed by atoms with Gasteiger partial charge in [-0.3, -0.25) is 9.36 Å². The fourth-order valence-corrected chi connectivity index (χ4v) is 3.77. The van der Waals surface area contributed by atoms with E-state index in [9.17, 15) is 4.79 Å². The van der Waals surface area contributed by atoms with E-state index in [0.29, 0.717) is 51.7 Å². The van der Waals surface area contributed by atoms with Crippen LogP contribution >= 0.6 is 23.4 Å². The van der Waals surface area contributed by atoms with E-state index in [-0.39, 0.29) is 17.6 Å². The third kappa shape index (κ3) is 4.74. The van der Waals surface area contributed by atoms with Gasteiger partial charge in [-0.25, -0.2) is 4.98 Å². The minimum atomic E-state index is -0.227. The lowest BCUT2D eigenvalue weighted by Crippen LogP contribution is -2.25. The summed E-state index contributed by atoms with van der Waals surface area (Å²) in [5, 5.41) is 5.62. The van der Waals surface area contributed by atoms with E-state index >= 15 is 0 Å². The second-order valence-electron chi connectivity index (χ2n) is 6.80. The van der Waals surface area contributed by atoms with Crippen LogP contribution < -0.4 is 5.56 Å². The second kappa shape index (κ2) is 9.07. The zero-order chi connectivity index (χ0) is 20.3. The number of thioether (sulfide) groups is 1. The van der Waals surface area contributed by atoms with Crippen LogP contribution in [-0.2, 0) is 17.0 Å². The number of fused-ring (bicyclic) bond motifs is 1. The van der Waals surface area contributed by atoms with Gasteiger partial charge in [0.05, 0.1) is 16.7 Å². The van der Waals surface area contributed by atoms with Crippen molar-refractivity contribution in [1.29, 1.82) is 0 Å². The highest BCUT2D eigenvalue weighted by Gasteiger charge is 2.17. The van der Waals surface area contributed by atoms with Gasteiger partial charge in [0.15, 0.2) is 11.0 Å². The monoisotopic (exact) mass is 422 g/mol. The smallest absolute Gasteiger partial charge is 0.262 e. The van der Waals surface area contributed by atoms with Crippen LogP contribution in [-0.4, -0.2) is 26.3 Å². The van der Waals surface area contributed by atoms with Crippen LogP contribution in [0.2, 0.25) is 5.02 Å². The highest BCUT2D eigenvalue weighted by atomic mass is 35.5. The van der Waals surface area contributed by atoms with Crippen LogP contribution in [0.1, 0.15) is 45.5 Å². The van der Waals surface area contributed by atoms with Crippen molar-refractivity contribution < 1.29 is 9.26 Å². The minimum absolute atomic E-state index is 0.0973. The van der Waals surface area contributed by atoms with Crippen molar-refractivity contribution in [3.05, 3.63) is 45.3 Å². The molecule has 0 aliphatic rings. The third-order valence-corrected chi connectivity index (χ3v) is 5.21. The number of rotatable bonds is 8. The van der Waals surface area contributed by atoms with Gasteiger partial charge in [-0.1, -0.05) is 42.4 Å². The summed E-state index contributed by atoms with van der Waals surface area (Å²) in [5.41, 5.74) is 0.521. The lowest BCUT2D eigenvalue weighted by molar-refractivity contribution is 0.0683. The molecule has 0 saturated carbocycles. The van der Waals surface area contributed by atoms with Crippen LogP contribution in [0.15, 0.2) is 32.7 Å². The molecule has 1 aromatic carbocycles. The molecular formula is C19H23ClN4O3S. The van der Waals surface area contributed by atoms with Crippen LogP contribution in [0, 0.1) is 5.92 Å². The molecule has 0 fully saturated rings. The van der Waals surface area contributed by atoms with Crippen molar-refractivity contribution in [3.8, 4) is 0 Å². The Morgan fingerprint density at radius 2 is 2.07 bits per heavy atom. The summed E-state index contributed by atoms with van der Waals surface area (Å²) in [6.45, 7) is 9.05. The van der Waals surface area contributed by atoms with Gasteiger partial charge in [0.2, 0.25) is 5.89 Å². The molecular weight excluding hydrogens is 400 g/mol. The third-order valence-electron chi connectivity index (χ3n) is 4.02. The number of benzene rings is 1. The maximum atomic E-state index is 13.0. The van der Waals surface area contributed by atoms with Gasteiger partial charge in [0.25, 0.3) is 5.56 Å². The number of halogens is 1. The Morgan fingerprint density at radius 3 is 2.79 bits per heavy atom. The summed E-state index contributed by atoms with van der Waals surface area (Å²) in [5.74, 6) is 1.68. The van der Waals surface area contributed by atoms with Gasteiger partial charge in [-0.15, -0.1) is 0 Å². The van der Waals surface area contributed by atoms with Crippen molar-refractivity contribution in [1.82, 2.24) is 19.7 Å². The molecule has 3 aromatic rings. The molecule has 28 heavy (non-hydrogen) atoms. The number of nitrogens with zero attached hydrogens (tertiary/aromatic N) is 4. The lowest BCUT2D eigenvalue weighted by Gasteiger charge is -2.14. The average Bonchev–Trinajstić information content (AvgIpc) is 3.12. The highest BCUT2D eigenvalue weighted by Crippen LogP contribution is 2.24. The van der Waals surface area contributed by atoms with E-state index in [2.05, 4.69) is 29.0 Å². The van der Waals surface area contributed by atoms with Gasteiger partial charge < -0.3 is 9.26 Å². The highest BCUT2D eigenvalue weighted by molar-refractivity contribution is 7.98. The standard InChI is InChI=1S/C19H23ClN4O3S/c1-5-26-12(4)17-22-16(27-23-17)10-28-19-21-15-7-6-13(20)8-14(15)18(25)24(19)9-11(2)3/h6-8,11-12H,5,9-10H2,1-4H3. The first-order valence-electron chi connectivity index (χ1n) is 9.16. The van der Waals surface area contributed by atoms with E-state index < -0.39 is 0 Å². The molecule has 0 radical (unpaired) electrons. The first kappa shape index (κ1) is 20.8. The van der Waals surface area contributed by atoms with E-state index in [0.717, 1.165) is 0 Å². The summed E-state index contributed by atoms with van der Waals surface area (Å²) in [6.07, 6.45) is -0.227. The minimum Gasteiger partial charge on any atom is -0.371 e. The predicted octanol–water partition coefficient (Wildman–Crippen LogP) is 4.48. The maximum Gasteiger partial charge on any atom is 0.262 e. The Kier molecular flexibility index (Phi) is 6.74. The van der Waals surface area contributed by atoms with E-state index in [1.807, 2.05) is 13.8 Å². The molecule has 2 heterocycles. The van der Waals surface area contributed by atoms with Crippen molar-refractivity contribution in [3.63, 3.8) is 0 Å². The Labute approximate surface area is 172 Å². The SMILES string of the molecule is CCOC(C)c1noc(CSc2nc3ccc(Cl)cc3c(=O)n2CC(C)C)n1. The number of hydrogen-bond acceptors (Lipinski definition) is 7. The molecule has 7 nitrogen and oxygen atoms in total. The second-order valence-corrected chi connectivity index (χ2v) is 8.18. The predicted molar refractivity (Wildman–Crippen MR) is 110 cm³/mol. The molecule has 0 aliphatic carbocycles. The molecule has 1 atom stereocenters. The van der Waals surface area contributed by atoms with Crippen molar-refractivity contribution in [2.75, 3.05) is 6.61 Å². The zero-order valence-corrected chi connectivity index (χ0v) is 17.9. The summed E-state index contributed by atoms with van der Waals surface area (Å²) in [6, 6.07) is 5.16. The molecule has 1 unspecified atom stereocenters. The molecule has 150 valence electrons. The molecule has 0 spiro atoms. The number of hydrogen-bond donors (Lipinski definition) is 0. The fraction of sp³-hybridized carbons (Fsp3) is 0.474. The van der Waals surface area contributed by atoms with E-state index in [1.165, 1.54) is 11.8 Å². The molecule has 9 heteroatoms. The Bertz CT molecular complexity index is 1020. The molecule has 0 bridgehead atoms. The number of ether oxygens (including phenoxy) is 1. The van der Waals surface area contributed by atoms with Gasteiger partial charge in [-0.2, -0.15) is 4.98 Å². The molecule has 0 amide bonds.